The fourth-order valence-corrected chi connectivity index (χ4v) is 4.88. The molecule has 180 valence electrons. The van der Waals surface area contributed by atoms with Gasteiger partial charge in [-0.2, -0.15) is 8.42 Å². The predicted molar refractivity (Wildman–Crippen MR) is 129 cm³/mol. The fourth-order valence-electron chi connectivity index (χ4n) is 4.13. The molecule has 2 aromatic carbocycles. The topological polar surface area (TPSA) is 172 Å². The van der Waals surface area contributed by atoms with E-state index in [2.05, 4.69) is 0 Å². The summed E-state index contributed by atoms with van der Waals surface area (Å²) in [5.41, 5.74) is 6.67. The van der Waals surface area contributed by atoms with Crippen molar-refractivity contribution in [1.82, 2.24) is 0 Å². The molecule has 2 aromatic rings. The SMILES string of the molecule is Cc1c2oc3c(S(=O)(=O)O)c(N)ccc3c(-c3ccc(C(=O)C(C)C)cc3C(=O)O)c-2ccc1=N. The number of carboxylic acids is 1. The van der Waals surface area contributed by atoms with Gasteiger partial charge in [0, 0.05) is 33.6 Å². The molecule has 0 bridgehead atoms. The third-order valence-electron chi connectivity index (χ3n) is 5.88. The summed E-state index contributed by atoms with van der Waals surface area (Å²) in [4.78, 5) is 24.2. The van der Waals surface area contributed by atoms with Crippen molar-refractivity contribution in [2.75, 3.05) is 5.73 Å². The summed E-state index contributed by atoms with van der Waals surface area (Å²) in [6.45, 7) is 5.02. The van der Waals surface area contributed by atoms with Crippen molar-refractivity contribution < 1.29 is 32.1 Å². The molecule has 0 spiro atoms. The largest absolute Gasteiger partial charge is 0.478 e. The number of nitrogens with one attached hydrogen (secondary N) is 1. The Balaban J connectivity index is 2.25. The van der Waals surface area contributed by atoms with Crippen molar-refractivity contribution in [1.29, 1.82) is 5.41 Å². The lowest BCUT2D eigenvalue weighted by Gasteiger charge is -2.20. The highest BCUT2D eigenvalue weighted by Gasteiger charge is 2.28. The van der Waals surface area contributed by atoms with E-state index in [1.165, 1.54) is 36.4 Å². The van der Waals surface area contributed by atoms with Crippen molar-refractivity contribution >= 4 is 38.5 Å². The maximum Gasteiger partial charge on any atom is 0.336 e. The average molecular weight is 495 g/mol. The Labute approximate surface area is 200 Å². The van der Waals surface area contributed by atoms with Gasteiger partial charge in [0.2, 0.25) is 0 Å². The van der Waals surface area contributed by atoms with Crippen LogP contribution >= 0.6 is 0 Å². The van der Waals surface area contributed by atoms with Gasteiger partial charge in [-0.3, -0.25) is 9.35 Å². The quantitative estimate of drug-likeness (QED) is 0.137. The number of carbonyl (C=O) groups is 2. The number of fused-ring (bicyclic) bond motifs is 2. The first-order chi connectivity index (χ1) is 16.3. The number of carbonyl (C=O) groups excluding carboxylic acids is 1. The zero-order valence-corrected chi connectivity index (χ0v) is 19.9. The Morgan fingerprint density at radius 1 is 1.06 bits per heavy atom. The number of carboxylic acid groups (broad SMARTS) is 1. The van der Waals surface area contributed by atoms with Crippen molar-refractivity contribution in [2.45, 2.75) is 25.7 Å². The highest BCUT2D eigenvalue weighted by Crippen LogP contribution is 2.45. The van der Waals surface area contributed by atoms with Gasteiger partial charge in [-0.1, -0.05) is 26.0 Å². The van der Waals surface area contributed by atoms with Gasteiger partial charge in [-0.15, -0.1) is 0 Å². The molecule has 0 aromatic heterocycles. The molecular weight excluding hydrogens is 472 g/mol. The molecule has 0 amide bonds. The zero-order chi connectivity index (χ0) is 25.8. The molecule has 1 aliphatic carbocycles. The zero-order valence-electron chi connectivity index (χ0n) is 19.0. The second-order valence-corrected chi connectivity index (χ2v) is 9.87. The molecule has 0 radical (unpaired) electrons. The van der Waals surface area contributed by atoms with E-state index in [0.29, 0.717) is 16.7 Å². The highest BCUT2D eigenvalue weighted by atomic mass is 32.2. The summed E-state index contributed by atoms with van der Waals surface area (Å²) < 4.78 is 40.2. The summed E-state index contributed by atoms with van der Waals surface area (Å²) in [6.07, 6.45) is 0. The lowest BCUT2D eigenvalue weighted by Crippen LogP contribution is -2.11. The first-order valence-corrected chi connectivity index (χ1v) is 12.0. The molecule has 2 aliphatic rings. The summed E-state index contributed by atoms with van der Waals surface area (Å²) in [6, 6.07) is 10.1. The molecular formula is C25H22N2O7S. The van der Waals surface area contributed by atoms with Crippen LogP contribution in [-0.4, -0.2) is 29.8 Å². The van der Waals surface area contributed by atoms with Gasteiger partial charge < -0.3 is 20.7 Å². The number of anilines is 1. The van der Waals surface area contributed by atoms with Crippen LogP contribution in [-0.2, 0) is 10.1 Å². The lowest BCUT2D eigenvalue weighted by molar-refractivity contribution is 0.0697. The molecule has 9 nitrogen and oxygen atoms in total. The summed E-state index contributed by atoms with van der Waals surface area (Å²) in [5, 5.41) is 18.5. The lowest BCUT2D eigenvalue weighted by atomic mass is 9.87. The molecule has 4 rings (SSSR count). The first kappa shape index (κ1) is 24.1. The molecule has 1 aliphatic heterocycles. The minimum absolute atomic E-state index is 0.111. The number of hydrogen-bond donors (Lipinski definition) is 4. The van der Waals surface area contributed by atoms with Gasteiger partial charge in [0.1, 0.15) is 5.76 Å². The standard InChI is InChI=1S/C25H22N2O7S/c1-11(2)21(28)13-4-5-14(17(10-13)25(29)30)20-15-6-8-18(26)12(3)22(15)34-23-16(20)7-9-19(27)24(23)35(31,32)33/h4-11,26H,27H2,1-3H3,(H,29,30)(H,31,32,33). The van der Waals surface area contributed by atoms with Crippen LogP contribution in [0.4, 0.5) is 5.69 Å². The number of ketones is 1. The van der Waals surface area contributed by atoms with Crippen LogP contribution in [0.1, 0.15) is 40.1 Å². The Morgan fingerprint density at radius 3 is 2.31 bits per heavy atom. The van der Waals surface area contributed by atoms with E-state index in [0.717, 1.165) is 0 Å². The Hall–Kier alpha value is -4.02. The van der Waals surface area contributed by atoms with E-state index in [1.807, 2.05) is 0 Å². The minimum Gasteiger partial charge on any atom is -0.478 e. The normalized spacial score (nSPS) is 11.9. The van der Waals surface area contributed by atoms with Gasteiger partial charge in [0.25, 0.3) is 10.1 Å². The Kier molecular flexibility index (Phi) is 5.74. The van der Waals surface area contributed by atoms with Gasteiger partial charge in [-0.05, 0) is 42.8 Å². The van der Waals surface area contributed by atoms with Crippen LogP contribution in [0.5, 0.6) is 0 Å². The third-order valence-corrected chi connectivity index (χ3v) is 6.81. The molecule has 0 saturated heterocycles. The molecule has 35 heavy (non-hydrogen) atoms. The fraction of sp³-hybridized carbons (Fsp3) is 0.160. The summed E-state index contributed by atoms with van der Waals surface area (Å²) in [5.74, 6) is -1.74. The van der Waals surface area contributed by atoms with E-state index in [1.54, 1.807) is 26.8 Å². The maximum atomic E-state index is 12.5. The number of rotatable bonds is 5. The van der Waals surface area contributed by atoms with Crippen molar-refractivity contribution in [3.63, 3.8) is 0 Å². The number of Topliss-reactive ketones (excluding diaryl/α,β-unsaturated/α-hetero) is 1. The van der Waals surface area contributed by atoms with Crippen molar-refractivity contribution in [3.05, 3.63) is 64.5 Å². The van der Waals surface area contributed by atoms with Crippen LogP contribution in [0.25, 0.3) is 33.4 Å². The number of benzene rings is 3. The third kappa shape index (κ3) is 3.96. The monoisotopic (exact) mass is 494 g/mol. The molecule has 0 saturated carbocycles. The number of nitrogens with two attached hydrogens (primary N) is 1. The predicted octanol–water partition coefficient (Wildman–Crippen LogP) is 4.36. The second-order valence-electron chi connectivity index (χ2n) is 8.51. The second kappa shape index (κ2) is 8.33. The molecule has 0 atom stereocenters. The molecule has 0 fully saturated rings. The number of aromatic carboxylic acids is 1. The van der Waals surface area contributed by atoms with Crippen molar-refractivity contribution in [2.24, 2.45) is 5.92 Å². The Morgan fingerprint density at radius 2 is 1.71 bits per heavy atom. The average Bonchev–Trinajstić information content (AvgIpc) is 2.78. The summed E-state index contributed by atoms with van der Waals surface area (Å²) in [7, 11) is -4.83. The van der Waals surface area contributed by atoms with Gasteiger partial charge in [0.05, 0.1) is 16.6 Å². The van der Waals surface area contributed by atoms with Crippen LogP contribution < -0.4 is 11.1 Å². The number of nitrogen functional groups attached to an aromatic ring is 1. The molecule has 0 unspecified atom stereocenters. The maximum absolute atomic E-state index is 12.5. The molecule has 10 heteroatoms. The van der Waals surface area contributed by atoms with E-state index in [-0.39, 0.29) is 56.2 Å². The molecule has 1 heterocycles. The van der Waals surface area contributed by atoms with Crippen molar-refractivity contribution in [3.8, 4) is 22.5 Å². The summed E-state index contributed by atoms with van der Waals surface area (Å²) >= 11 is 0. The van der Waals surface area contributed by atoms with E-state index in [9.17, 15) is 27.7 Å². The first-order valence-electron chi connectivity index (χ1n) is 10.6. The number of hydrogen-bond acceptors (Lipinski definition) is 7. The van der Waals surface area contributed by atoms with Crippen LogP contribution in [0, 0.1) is 18.3 Å². The highest BCUT2D eigenvalue weighted by molar-refractivity contribution is 7.86. The van der Waals surface area contributed by atoms with Gasteiger partial charge >= 0.3 is 5.97 Å². The van der Waals surface area contributed by atoms with Gasteiger partial charge in [-0.25, -0.2) is 4.79 Å². The van der Waals surface area contributed by atoms with E-state index >= 15 is 0 Å². The molecule has 5 N–H and O–H groups in total. The van der Waals surface area contributed by atoms with Crippen LogP contribution in [0.2, 0.25) is 0 Å². The van der Waals surface area contributed by atoms with Gasteiger partial charge in [0.15, 0.2) is 16.3 Å². The Bertz CT molecular complexity index is 1680. The van der Waals surface area contributed by atoms with Crippen LogP contribution in [0.15, 0.2) is 51.8 Å². The van der Waals surface area contributed by atoms with E-state index < -0.39 is 21.0 Å². The van der Waals surface area contributed by atoms with E-state index in [4.69, 9.17) is 15.6 Å². The minimum atomic E-state index is -4.83. The smallest absolute Gasteiger partial charge is 0.336 e. The van der Waals surface area contributed by atoms with Crippen LogP contribution in [0.3, 0.4) is 0 Å².